The molecule has 1 aliphatic heterocycles. The number of aliphatic hydroxyl groups excluding tert-OH is 1. The van der Waals surface area contributed by atoms with E-state index < -0.39 is 18.0 Å². The maximum atomic E-state index is 11.1. The summed E-state index contributed by atoms with van der Waals surface area (Å²) in [6, 6.07) is 3.61. The zero-order valence-corrected chi connectivity index (χ0v) is 15.6. The van der Waals surface area contributed by atoms with Crippen LogP contribution in [0.4, 0.5) is 0 Å². The van der Waals surface area contributed by atoms with Crippen LogP contribution in [0, 0.1) is 5.92 Å². The lowest BCUT2D eigenvalue weighted by molar-refractivity contribution is -0.148. The van der Waals surface area contributed by atoms with Gasteiger partial charge in [-0.2, -0.15) is 0 Å². The Morgan fingerprint density at radius 1 is 1.40 bits per heavy atom. The van der Waals surface area contributed by atoms with Crippen molar-refractivity contribution in [3.05, 3.63) is 22.7 Å². The molecule has 0 radical (unpaired) electrons. The number of hydrogen-bond acceptors (Lipinski definition) is 5. The van der Waals surface area contributed by atoms with Crippen molar-refractivity contribution < 1.29 is 24.5 Å². The SMILES string of the molecule is CCOc1cc(CN2CC[C@H](C(=O)O)[C@H](O)C2)c(Cl)cc1OC(C)C. The highest BCUT2D eigenvalue weighted by atomic mass is 35.5. The number of carbonyl (C=O) groups is 1. The van der Waals surface area contributed by atoms with Crippen LogP contribution in [-0.2, 0) is 11.3 Å². The summed E-state index contributed by atoms with van der Waals surface area (Å²) >= 11 is 6.40. The second kappa shape index (κ2) is 8.74. The zero-order chi connectivity index (χ0) is 18.6. The second-order valence-corrected chi connectivity index (χ2v) is 6.93. The van der Waals surface area contributed by atoms with Crippen molar-refractivity contribution in [3.63, 3.8) is 0 Å². The van der Waals surface area contributed by atoms with Gasteiger partial charge >= 0.3 is 5.97 Å². The Morgan fingerprint density at radius 3 is 2.68 bits per heavy atom. The second-order valence-electron chi connectivity index (χ2n) is 6.53. The van der Waals surface area contributed by atoms with Crippen LogP contribution >= 0.6 is 11.6 Å². The first kappa shape index (κ1) is 19.8. The summed E-state index contributed by atoms with van der Waals surface area (Å²) < 4.78 is 11.4. The molecule has 0 bridgehead atoms. The molecule has 2 N–H and O–H groups in total. The quantitative estimate of drug-likeness (QED) is 0.767. The number of rotatable bonds is 7. The summed E-state index contributed by atoms with van der Waals surface area (Å²) in [7, 11) is 0. The van der Waals surface area contributed by atoms with E-state index in [4.69, 9.17) is 26.2 Å². The van der Waals surface area contributed by atoms with Gasteiger partial charge < -0.3 is 19.7 Å². The Balaban J connectivity index is 2.14. The van der Waals surface area contributed by atoms with Crippen molar-refractivity contribution in [1.82, 2.24) is 4.90 Å². The third kappa shape index (κ3) is 5.23. The third-order valence-corrected chi connectivity index (χ3v) is 4.50. The molecule has 1 aromatic carbocycles. The third-order valence-electron chi connectivity index (χ3n) is 4.15. The number of nitrogens with zero attached hydrogens (tertiary/aromatic N) is 1. The van der Waals surface area contributed by atoms with Crippen LogP contribution in [0.5, 0.6) is 11.5 Å². The molecule has 0 aliphatic carbocycles. The normalized spacial score (nSPS) is 21.4. The number of piperidine rings is 1. The standard InChI is InChI=1S/C18H26ClNO5/c1-4-24-16-7-12(14(19)8-17(16)25-11(2)3)9-20-6-5-13(18(22)23)15(21)10-20/h7-8,11,13,15,21H,4-6,9-10H2,1-3H3,(H,22,23)/t13-,15+/m0/s1. The fourth-order valence-electron chi connectivity index (χ4n) is 2.98. The maximum absolute atomic E-state index is 11.1. The Labute approximate surface area is 153 Å². The minimum atomic E-state index is -0.945. The van der Waals surface area contributed by atoms with Gasteiger partial charge in [0.05, 0.1) is 24.7 Å². The minimum Gasteiger partial charge on any atom is -0.490 e. The van der Waals surface area contributed by atoms with Crippen molar-refractivity contribution in [2.75, 3.05) is 19.7 Å². The molecule has 25 heavy (non-hydrogen) atoms. The molecule has 2 atom stereocenters. The summed E-state index contributed by atoms with van der Waals surface area (Å²) in [5, 5.41) is 19.7. The Hall–Kier alpha value is -1.50. The van der Waals surface area contributed by atoms with E-state index in [1.165, 1.54) is 0 Å². The van der Waals surface area contributed by atoms with E-state index >= 15 is 0 Å². The van der Waals surface area contributed by atoms with Gasteiger partial charge in [-0.1, -0.05) is 11.6 Å². The molecule has 6 nitrogen and oxygen atoms in total. The van der Waals surface area contributed by atoms with Gasteiger partial charge in [-0.3, -0.25) is 9.69 Å². The largest absolute Gasteiger partial charge is 0.490 e. The van der Waals surface area contributed by atoms with Gasteiger partial charge in [0.15, 0.2) is 11.5 Å². The number of aliphatic carboxylic acids is 1. The van der Waals surface area contributed by atoms with Crippen molar-refractivity contribution in [2.45, 2.75) is 45.9 Å². The number of carboxylic acids is 1. The molecular weight excluding hydrogens is 346 g/mol. The van der Waals surface area contributed by atoms with E-state index in [-0.39, 0.29) is 6.10 Å². The van der Waals surface area contributed by atoms with E-state index in [0.717, 1.165) is 5.56 Å². The predicted octanol–water partition coefficient (Wildman–Crippen LogP) is 2.79. The Morgan fingerprint density at radius 2 is 2.12 bits per heavy atom. The first-order chi connectivity index (χ1) is 11.8. The van der Waals surface area contributed by atoms with Gasteiger partial charge in [0, 0.05) is 24.2 Å². The molecule has 0 aromatic heterocycles. The van der Waals surface area contributed by atoms with E-state index in [1.807, 2.05) is 31.7 Å². The van der Waals surface area contributed by atoms with Crippen LogP contribution in [-0.4, -0.2) is 53.0 Å². The number of aliphatic hydroxyl groups is 1. The van der Waals surface area contributed by atoms with Gasteiger partial charge in [-0.25, -0.2) is 0 Å². The van der Waals surface area contributed by atoms with E-state index in [2.05, 4.69) is 0 Å². The molecule has 0 saturated carbocycles. The zero-order valence-electron chi connectivity index (χ0n) is 14.9. The molecule has 0 unspecified atom stereocenters. The molecule has 1 fully saturated rings. The van der Waals surface area contributed by atoms with Gasteiger partial charge in [0.25, 0.3) is 0 Å². The predicted molar refractivity (Wildman–Crippen MR) is 95.4 cm³/mol. The number of halogens is 1. The van der Waals surface area contributed by atoms with Gasteiger partial charge in [-0.15, -0.1) is 0 Å². The van der Waals surface area contributed by atoms with Crippen LogP contribution in [0.25, 0.3) is 0 Å². The van der Waals surface area contributed by atoms with Crippen LogP contribution in [0.15, 0.2) is 12.1 Å². The lowest BCUT2D eigenvalue weighted by Gasteiger charge is -2.34. The Bertz CT molecular complexity index is 607. The molecule has 1 heterocycles. The number of ether oxygens (including phenoxy) is 2. The van der Waals surface area contributed by atoms with Crippen molar-refractivity contribution >= 4 is 17.6 Å². The van der Waals surface area contributed by atoms with Crippen molar-refractivity contribution in [2.24, 2.45) is 5.92 Å². The van der Waals surface area contributed by atoms with Gasteiger partial charge in [0.1, 0.15) is 0 Å². The van der Waals surface area contributed by atoms with E-state index in [9.17, 15) is 9.90 Å². The van der Waals surface area contributed by atoms with E-state index in [1.54, 1.807) is 6.07 Å². The van der Waals surface area contributed by atoms with Crippen LogP contribution in [0.3, 0.4) is 0 Å². The molecule has 1 aliphatic rings. The molecular formula is C18H26ClNO5. The summed E-state index contributed by atoms with van der Waals surface area (Å²) in [4.78, 5) is 13.1. The molecule has 0 spiro atoms. The molecule has 1 saturated heterocycles. The van der Waals surface area contributed by atoms with E-state index in [0.29, 0.717) is 49.2 Å². The number of benzene rings is 1. The lowest BCUT2D eigenvalue weighted by Crippen LogP contribution is -2.46. The first-order valence-electron chi connectivity index (χ1n) is 8.56. The van der Waals surface area contributed by atoms with Crippen LogP contribution < -0.4 is 9.47 Å². The van der Waals surface area contributed by atoms with Crippen molar-refractivity contribution in [1.29, 1.82) is 0 Å². The summed E-state index contributed by atoms with van der Waals surface area (Å²) in [6.07, 6.45) is -0.452. The number of β-amino-alcohol motifs (C(OH)–C–C–N with tert-alkyl or cyclic N) is 1. The highest BCUT2D eigenvalue weighted by Crippen LogP contribution is 2.35. The summed E-state index contributed by atoms with van der Waals surface area (Å²) in [5.74, 6) is -0.404. The van der Waals surface area contributed by atoms with Gasteiger partial charge in [0.2, 0.25) is 0 Å². The monoisotopic (exact) mass is 371 g/mol. The van der Waals surface area contributed by atoms with Crippen molar-refractivity contribution in [3.8, 4) is 11.5 Å². The lowest BCUT2D eigenvalue weighted by atomic mass is 9.94. The number of hydrogen-bond donors (Lipinski definition) is 2. The fourth-order valence-corrected chi connectivity index (χ4v) is 3.20. The summed E-state index contributed by atoms with van der Waals surface area (Å²) in [6.45, 7) is 7.71. The molecule has 2 rings (SSSR count). The Kier molecular flexibility index (Phi) is 6.93. The fraction of sp³-hybridized carbons (Fsp3) is 0.611. The topological polar surface area (TPSA) is 79.2 Å². The summed E-state index contributed by atoms with van der Waals surface area (Å²) in [5.41, 5.74) is 0.863. The van der Waals surface area contributed by atoms with Crippen LogP contribution in [0.2, 0.25) is 5.02 Å². The van der Waals surface area contributed by atoms with Gasteiger partial charge in [-0.05, 0) is 45.4 Å². The highest BCUT2D eigenvalue weighted by molar-refractivity contribution is 6.31. The molecule has 7 heteroatoms. The number of carboxylic acid groups (broad SMARTS) is 1. The average Bonchev–Trinajstić information content (AvgIpc) is 2.51. The number of likely N-dealkylation sites (tertiary alicyclic amines) is 1. The molecule has 1 aromatic rings. The molecule has 140 valence electrons. The smallest absolute Gasteiger partial charge is 0.309 e. The first-order valence-corrected chi connectivity index (χ1v) is 8.94. The minimum absolute atomic E-state index is 0.00585. The molecule has 0 amide bonds. The maximum Gasteiger partial charge on any atom is 0.309 e. The van der Waals surface area contributed by atoms with Crippen LogP contribution in [0.1, 0.15) is 32.8 Å². The highest BCUT2D eigenvalue weighted by Gasteiger charge is 2.33. The average molecular weight is 372 g/mol.